The first-order chi connectivity index (χ1) is 15.3. The summed E-state index contributed by atoms with van der Waals surface area (Å²) in [5.74, 6) is 0.0353. The molecule has 1 aromatic carbocycles. The van der Waals surface area contributed by atoms with Crippen molar-refractivity contribution in [2.45, 2.75) is 38.5 Å². The van der Waals surface area contributed by atoms with Crippen molar-refractivity contribution in [1.29, 1.82) is 0 Å². The number of rotatable bonds is 4. The molecule has 9 heteroatoms. The summed E-state index contributed by atoms with van der Waals surface area (Å²) in [7, 11) is 0. The maximum Gasteiger partial charge on any atom is 0.251 e. The number of benzene rings is 1. The number of nitrogens with one attached hydrogen (secondary N) is 1. The molecule has 0 unspecified atom stereocenters. The Balaban J connectivity index is 1.58. The van der Waals surface area contributed by atoms with Crippen molar-refractivity contribution in [3.63, 3.8) is 0 Å². The number of carbonyl (C=O) groups excluding carboxylic acids is 2. The van der Waals surface area contributed by atoms with Gasteiger partial charge in [-0.05, 0) is 82.4 Å². The number of aromatic nitrogens is 1. The van der Waals surface area contributed by atoms with Crippen molar-refractivity contribution < 1.29 is 14.4 Å². The number of fused-ring (bicyclic) bond motifs is 2. The van der Waals surface area contributed by atoms with Crippen LogP contribution in [0, 0.1) is 5.92 Å². The van der Waals surface area contributed by atoms with Crippen LogP contribution in [-0.2, 0) is 27.3 Å². The number of aryl methyl sites for hydroxylation is 2. The van der Waals surface area contributed by atoms with E-state index in [9.17, 15) is 9.59 Å². The number of pyridine rings is 1. The summed E-state index contributed by atoms with van der Waals surface area (Å²) in [6, 6.07) is 6.22. The van der Waals surface area contributed by atoms with E-state index in [1.165, 1.54) is 23.6 Å². The first-order valence-corrected chi connectivity index (χ1v) is 12.6. The molecule has 0 radical (unpaired) electrons. The molecular weight excluding hydrogens is 562 g/mol. The third kappa shape index (κ3) is 5.19. The number of piperidine rings is 1. The van der Waals surface area contributed by atoms with Gasteiger partial charge in [-0.2, -0.15) is 0 Å². The van der Waals surface area contributed by atoms with E-state index in [2.05, 4.69) is 49.5 Å². The van der Waals surface area contributed by atoms with Crippen molar-refractivity contribution in [2.24, 2.45) is 5.92 Å². The minimum absolute atomic E-state index is 0.117. The Hall–Kier alpha value is -1.48. The van der Waals surface area contributed by atoms with Gasteiger partial charge in [-0.25, -0.2) is 5.48 Å². The minimum atomic E-state index is -0.327. The van der Waals surface area contributed by atoms with Gasteiger partial charge in [0, 0.05) is 46.1 Å². The Morgan fingerprint density at radius 2 is 1.91 bits per heavy atom. The molecule has 170 valence electrons. The van der Waals surface area contributed by atoms with Crippen molar-refractivity contribution in [3.8, 4) is 0 Å². The first-order valence-electron chi connectivity index (χ1n) is 10.6. The Labute approximate surface area is 209 Å². The quantitative estimate of drug-likeness (QED) is 0.524. The van der Waals surface area contributed by atoms with Crippen LogP contribution in [0.2, 0.25) is 5.02 Å². The van der Waals surface area contributed by atoms with E-state index in [0.717, 1.165) is 45.3 Å². The average molecular weight is 586 g/mol. The molecule has 0 saturated carbocycles. The van der Waals surface area contributed by atoms with Gasteiger partial charge in [-0.1, -0.05) is 27.5 Å². The van der Waals surface area contributed by atoms with Crippen molar-refractivity contribution >= 4 is 55.3 Å². The molecule has 1 atom stereocenters. The molecule has 1 fully saturated rings. The van der Waals surface area contributed by atoms with Crippen LogP contribution in [0.1, 0.15) is 48.1 Å². The molecule has 1 aliphatic carbocycles. The van der Waals surface area contributed by atoms with Crippen molar-refractivity contribution in [3.05, 3.63) is 60.7 Å². The zero-order chi connectivity index (χ0) is 22.8. The van der Waals surface area contributed by atoms with Crippen LogP contribution in [0.4, 0.5) is 0 Å². The molecule has 2 amide bonds. The van der Waals surface area contributed by atoms with E-state index >= 15 is 0 Å². The van der Waals surface area contributed by atoms with E-state index in [-0.39, 0.29) is 24.3 Å². The average Bonchev–Trinajstić information content (AvgIpc) is 2.90. The van der Waals surface area contributed by atoms with Crippen LogP contribution < -0.4 is 5.48 Å². The van der Waals surface area contributed by atoms with E-state index in [1.54, 1.807) is 0 Å². The summed E-state index contributed by atoms with van der Waals surface area (Å²) >= 11 is 13.7. The molecule has 2 aromatic rings. The molecule has 6 nitrogen and oxygen atoms in total. The predicted molar refractivity (Wildman–Crippen MR) is 129 cm³/mol. The fraction of sp³-hybridized carbons (Fsp3) is 0.435. The Morgan fingerprint density at radius 1 is 1.19 bits per heavy atom. The number of halogens is 3. The smallest absolute Gasteiger partial charge is 0.251 e. The number of likely N-dealkylation sites (tertiary alicyclic amines) is 1. The topological polar surface area (TPSA) is 71.5 Å². The number of amides is 2. The van der Waals surface area contributed by atoms with Crippen LogP contribution in [0.5, 0.6) is 0 Å². The van der Waals surface area contributed by atoms with Gasteiger partial charge in [-0.15, -0.1) is 0 Å². The van der Waals surface area contributed by atoms with Crippen molar-refractivity contribution in [1.82, 2.24) is 15.4 Å². The van der Waals surface area contributed by atoms with Crippen LogP contribution in [0.15, 0.2) is 33.3 Å². The van der Waals surface area contributed by atoms with Crippen LogP contribution in [-0.4, -0.2) is 41.4 Å². The highest BCUT2D eigenvalue weighted by molar-refractivity contribution is 9.10. The van der Waals surface area contributed by atoms with E-state index in [4.69, 9.17) is 21.4 Å². The van der Waals surface area contributed by atoms with Gasteiger partial charge in [0.1, 0.15) is 0 Å². The number of hydroxylamine groups is 1. The number of hydrogen-bond donors (Lipinski definition) is 1. The second-order valence-corrected chi connectivity index (χ2v) is 10.5. The number of nitrogens with zero attached hydrogens (tertiary/aromatic N) is 2. The summed E-state index contributed by atoms with van der Waals surface area (Å²) in [5, 5.41) is 0.731. The van der Waals surface area contributed by atoms with Crippen LogP contribution in [0.3, 0.4) is 0 Å². The highest BCUT2D eigenvalue weighted by Gasteiger charge is 2.36. The van der Waals surface area contributed by atoms with Gasteiger partial charge < -0.3 is 4.90 Å². The monoisotopic (exact) mass is 583 g/mol. The maximum atomic E-state index is 12.5. The summed E-state index contributed by atoms with van der Waals surface area (Å²) in [5.41, 5.74) is 7.10. The second-order valence-electron chi connectivity index (χ2n) is 8.30. The lowest BCUT2D eigenvalue weighted by atomic mass is 9.76. The molecule has 32 heavy (non-hydrogen) atoms. The molecule has 0 bridgehead atoms. The summed E-state index contributed by atoms with van der Waals surface area (Å²) in [6.07, 6.45) is 5.42. The summed E-state index contributed by atoms with van der Waals surface area (Å²) < 4.78 is 2.00. The lowest BCUT2D eigenvalue weighted by molar-refractivity contribution is -0.145. The standard InChI is InChI=1S/C23H24Br2ClN3O3/c1-13(30)28-32-12-20(31)29-6-4-14(5-7-29)22-21-15(9-18(26)10-19(21)25)2-3-16-8-17(24)11-27-23(16)22/h8-11,14,22H,2-7,12H2,1H3,(H,28,30)/t22-/m1/s1. The zero-order valence-electron chi connectivity index (χ0n) is 17.7. The van der Waals surface area contributed by atoms with Crippen molar-refractivity contribution in [2.75, 3.05) is 19.7 Å². The minimum Gasteiger partial charge on any atom is -0.341 e. The first kappa shape index (κ1) is 23.7. The molecule has 4 rings (SSSR count). The number of hydrogen-bond acceptors (Lipinski definition) is 4. The molecule has 1 aromatic heterocycles. The lowest BCUT2D eigenvalue weighted by Crippen LogP contribution is -2.42. The molecule has 1 N–H and O–H groups in total. The Bertz CT molecular complexity index is 1040. The molecule has 1 saturated heterocycles. The van der Waals surface area contributed by atoms with Gasteiger partial charge in [0.15, 0.2) is 6.61 Å². The Kier molecular flexibility index (Phi) is 7.54. The van der Waals surface area contributed by atoms with Gasteiger partial charge in [0.2, 0.25) is 5.91 Å². The van der Waals surface area contributed by atoms with E-state index < -0.39 is 0 Å². The van der Waals surface area contributed by atoms with Gasteiger partial charge >= 0.3 is 0 Å². The third-order valence-corrected chi connectivity index (χ3v) is 7.50. The number of carbonyl (C=O) groups is 2. The highest BCUT2D eigenvalue weighted by atomic mass is 79.9. The van der Waals surface area contributed by atoms with Gasteiger partial charge in [0.25, 0.3) is 5.91 Å². The SMILES string of the molecule is CC(=O)NOCC(=O)N1CCC([C@H]2c3ncc(Br)cc3CCc3cc(Cl)cc(Br)c32)CC1. The second kappa shape index (κ2) is 10.2. The fourth-order valence-corrected chi connectivity index (χ4v) is 6.30. The van der Waals surface area contributed by atoms with Gasteiger partial charge in [-0.3, -0.25) is 19.4 Å². The largest absolute Gasteiger partial charge is 0.341 e. The summed E-state index contributed by atoms with van der Waals surface area (Å²) in [4.78, 5) is 35.0. The van der Waals surface area contributed by atoms with E-state index in [0.29, 0.717) is 19.0 Å². The normalized spacial score (nSPS) is 18.5. The zero-order valence-corrected chi connectivity index (χ0v) is 21.6. The highest BCUT2D eigenvalue weighted by Crippen LogP contribution is 2.46. The molecular formula is C23H24Br2ClN3O3. The van der Waals surface area contributed by atoms with Crippen LogP contribution >= 0.6 is 43.5 Å². The Morgan fingerprint density at radius 3 is 2.62 bits per heavy atom. The fourth-order valence-electron chi connectivity index (χ4n) is 4.80. The summed E-state index contributed by atoms with van der Waals surface area (Å²) in [6.45, 7) is 2.49. The van der Waals surface area contributed by atoms with Gasteiger partial charge in [0.05, 0.1) is 5.69 Å². The maximum absolute atomic E-state index is 12.5. The molecule has 0 spiro atoms. The molecule has 2 aliphatic rings. The lowest BCUT2D eigenvalue weighted by Gasteiger charge is -2.37. The molecule has 2 heterocycles. The predicted octanol–water partition coefficient (Wildman–Crippen LogP) is 4.80. The molecule has 1 aliphatic heterocycles. The third-order valence-electron chi connectivity index (χ3n) is 6.19. The van der Waals surface area contributed by atoms with Crippen LogP contribution in [0.25, 0.3) is 0 Å². The van der Waals surface area contributed by atoms with E-state index in [1.807, 2.05) is 17.2 Å².